The zero-order chi connectivity index (χ0) is 34.4. The number of aromatic nitrogens is 2. The number of benzene rings is 4. The Labute approximate surface area is 294 Å². The number of ether oxygens (including phenoxy) is 2. The summed E-state index contributed by atoms with van der Waals surface area (Å²) in [4.78, 5) is 7.68. The topological polar surface area (TPSA) is 60.8 Å². The average molecular weight is 681 g/mol. The van der Waals surface area contributed by atoms with Crippen LogP contribution in [0.3, 0.4) is 0 Å². The summed E-state index contributed by atoms with van der Waals surface area (Å²) in [6.07, 6.45) is 7.04. The second kappa shape index (κ2) is 15.3. The largest absolute Gasteiger partial charge is 0.496 e. The third-order valence-corrected chi connectivity index (χ3v) is 13.2. The third kappa shape index (κ3) is 8.61. The Morgan fingerprint density at radius 2 is 1.55 bits per heavy atom. The van der Waals surface area contributed by atoms with Crippen LogP contribution in [0.25, 0.3) is 22.4 Å². The fraction of sp³-hybridized carbons (Fsp3) is 0.390. The molecule has 0 amide bonds. The van der Waals surface area contributed by atoms with Crippen LogP contribution in [0.4, 0.5) is 0 Å². The Morgan fingerprint density at radius 3 is 2.27 bits per heavy atom. The minimum absolute atomic E-state index is 0.0487. The molecule has 49 heavy (non-hydrogen) atoms. The third-order valence-electron chi connectivity index (χ3n) is 9.67. The molecular formula is C41H52N4O3S. The summed E-state index contributed by atoms with van der Waals surface area (Å²) in [5, 5.41) is 3.56. The van der Waals surface area contributed by atoms with Gasteiger partial charge in [-0.05, 0) is 113 Å². The molecule has 1 fully saturated rings. The van der Waals surface area contributed by atoms with Crippen molar-refractivity contribution in [2.75, 3.05) is 45.9 Å². The van der Waals surface area contributed by atoms with Gasteiger partial charge in [0.25, 0.3) is 0 Å². The lowest BCUT2D eigenvalue weighted by molar-refractivity contribution is 0.238. The molecule has 0 atom stereocenters. The number of rotatable bonds is 14. The van der Waals surface area contributed by atoms with E-state index < -0.39 is 10.3 Å². The first-order valence-electron chi connectivity index (χ1n) is 17.4. The van der Waals surface area contributed by atoms with Gasteiger partial charge in [0, 0.05) is 48.1 Å². The molecule has 5 aromatic rings. The monoisotopic (exact) mass is 680 g/mol. The van der Waals surface area contributed by atoms with Gasteiger partial charge in [-0.2, -0.15) is 0 Å². The molecule has 0 radical (unpaired) electrons. The molecule has 2 heterocycles. The standard InChI is InChI=1S/C41H52N4O3S/c1-41(2,3)49(5,6)48-36-20-21-38-37(27-36)43-40(33-16-18-35(19-17-33)47-25-24-44-22-10-11-23-44)45(38)30-32-14-15-34(39(26-32)46-4)29-42-28-31-12-8-7-9-13-31/h7-9,12-21,26-27,42H,10-11,22-25,28-30H2,1-6H3. The number of imidazole rings is 1. The second-order valence-electron chi connectivity index (χ2n) is 14.3. The van der Waals surface area contributed by atoms with Crippen LogP contribution in [-0.4, -0.2) is 65.1 Å². The minimum atomic E-state index is -1.35. The molecule has 0 saturated carbocycles. The van der Waals surface area contributed by atoms with Gasteiger partial charge in [0.05, 0.1) is 18.1 Å². The zero-order valence-electron chi connectivity index (χ0n) is 30.0. The molecule has 1 N–H and O–H groups in total. The predicted molar refractivity (Wildman–Crippen MR) is 205 cm³/mol. The maximum Gasteiger partial charge on any atom is 0.141 e. The molecule has 7 nitrogen and oxygen atoms in total. The van der Waals surface area contributed by atoms with E-state index in [0.717, 1.165) is 70.4 Å². The Kier molecular flexibility index (Phi) is 10.9. The highest BCUT2D eigenvalue weighted by atomic mass is 32.3. The highest BCUT2D eigenvalue weighted by Gasteiger charge is 2.30. The van der Waals surface area contributed by atoms with E-state index in [0.29, 0.717) is 13.2 Å². The molecular weight excluding hydrogens is 629 g/mol. The summed E-state index contributed by atoms with van der Waals surface area (Å²) >= 11 is 0. The Bertz CT molecular complexity index is 1820. The number of hydrogen-bond donors (Lipinski definition) is 1. The molecule has 260 valence electrons. The van der Waals surface area contributed by atoms with Gasteiger partial charge >= 0.3 is 0 Å². The normalized spacial score (nSPS) is 14.3. The summed E-state index contributed by atoms with van der Waals surface area (Å²) in [5.74, 6) is 3.53. The molecule has 1 aliphatic heterocycles. The van der Waals surface area contributed by atoms with Crippen molar-refractivity contribution >= 4 is 21.3 Å². The molecule has 0 aliphatic carbocycles. The van der Waals surface area contributed by atoms with Crippen LogP contribution in [0.5, 0.6) is 17.2 Å². The van der Waals surface area contributed by atoms with Crippen LogP contribution < -0.4 is 19.0 Å². The lowest BCUT2D eigenvalue weighted by Gasteiger charge is -2.43. The average Bonchev–Trinajstić information content (AvgIpc) is 3.73. The zero-order valence-corrected chi connectivity index (χ0v) is 30.8. The number of nitrogens with zero attached hydrogens (tertiary/aromatic N) is 3. The quantitative estimate of drug-likeness (QED) is 0.127. The van der Waals surface area contributed by atoms with Crippen molar-refractivity contribution in [1.29, 1.82) is 0 Å². The smallest absolute Gasteiger partial charge is 0.141 e. The van der Waals surface area contributed by atoms with E-state index >= 15 is 0 Å². The van der Waals surface area contributed by atoms with E-state index in [1.807, 2.05) is 6.07 Å². The van der Waals surface area contributed by atoms with E-state index in [2.05, 4.69) is 133 Å². The summed E-state index contributed by atoms with van der Waals surface area (Å²) < 4.78 is 21.0. The second-order valence-corrected chi connectivity index (χ2v) is 18.1. The minimum Gasteiger partial charge on any atom is -0.496 e. The number of fused-ring (bicyclic) bond motifs is 1. The number of hydrogen-bond acceptors (Lipinski definition) is 6. The van der Waals surface area contributed by atoms with Crippen LogP contribution in [0.1, 0.15) is 50.3 Å². The van der Waals surface area contributed by atoms with Gasteiger partial charge in [-0.1, -0.05) is 52.8 Å². The summed E-state index contributed by atoms with van der Waals surface area (Å²) in [6, 6.07) is 31.7. The lowest BCUT2D eigenvalue weighted by atomic mass is 10.1. The van der Waals surface area contributed by atoms with Crippen molar-refractivity contribution in [3.05, 3.63) is 108 Å². The molecule has 0 unspecified atom stereocenters. The summed E-state index contributed by atoms with van der Waals surface area (Å²) in [6.45, 7) is 12.9. The number of methoxy groups -OCH3 is 1. The van der Waals surface area contributed by atoms with Gasteiger partial charge in [-0.15, -0.1) is 0 Å². The molecule has 4 aromatic carbocycles. The molecule has 1 saturated heterocycles. The van der Waals surface area contributed by atoms with Gasteiger partial charge in [0.2, 0.25) is 0 Å². The van der Waals surface area contributed by atoms with Crippen LogP contribution in [0.2, 0.25) is 0 Å². The Balaban J connectivity index is 1.26. The van der Waals surface area contributed by atoms with E-state index in [-0.39, 0.29) is 4.75 Å². The molecule has 8 heteroatoms. The highest BCUT2D eigenvalue weighted by Crippen LogP contribution is 2.53. The molecule has 0 bridgehead atoms. The molecule has 1 aliphatic rings. The first-order valence-corrected chi connectivity index (χ1v) is 19.8. The van der Waals surface area contributed by atoms with Gasteiger partial charge in [0.1, 0.15) is 29.7 Å². The van der Waals surface area contributed by atoms with Crippen LogP contribution in [-0.2, 0) is 19.6 Å². The fourth-order valence-electron chi connectivity index (χ4n) is 6.06. The van der Waals surface area contributed by atoms with Crippen LogP contribution >= 0.6 is 10.3 Å². The Morgan fingerprint density at radius 1 is 0.816 bits per heavy atom. The van der Waals surface area contributed by atoms with Gasteiger partial charge in [-0.3, -0.25) is 4.90 Å². The van der Waals surface area contributed by atoms with Crippen LogP contribution in [0, 0.1) is 0 Å². The fourth-order valence-corrected chi connectivity index (χ4v) is 6.89. The predicted octanol–water partition coefficient (Wildman–Crippen LogP) is 8.68. The SMILES string of the molecule is COc1cc(Cn2c(-c3ccc(OCCN4CCCC4)cc3)nc3cc(OS(C)(C)C(C)(C)C)ccc32)ccc1CNCc1ccccc1. The van der Waals surface area contributed by atoms with E-state index in [1.165, 1.54) is 31.5 Å². The molecule has 6 rings (SSSR count). The molecule has 1 aromatic heterocycles. The maximum absolute atomic E-state index is 6.63. The van der Waals surface area contributed by atoms with Crippen molar-refractivity contribution in [2.24, 2.45) is 0 Å². The number of likely N-dealkylation sites (tertiary alicyclic amines) is 1. The highest BCUT2D eigenvalue weighted by molar-refractivity contribution is 8.30. The first-order chi connectivity index (χ1) is 23.6. The van der Waals surface area contributed by atoms with E-state index in [4.69, 9.17) is 18.6 Å². The van der Waals surface area contributed by atoms with Crippen molar-refractivity contribution in [1.82, 2.24) is 19.8 Å². The first kappa shape index (κ1) is 34.9. The lowest BCUT2D eigenvalue weighted by Crippen LogP contribution is -2.27. The van der Waals surface area contributed by atoms with Crippen molar-refractivity contribution < 1.29 is 13.7 Å². The van der Waals surface area contributed by atoms with Gasteiger partial charge in [-0.25, -0.2) is 4.98 Å². The van der Waals surface area contributed by atoms with Crippen molar-refractivity contribution in [3.8, 4) is 28.6 Å². The van der Waals surface area contributed by atoms with Crippen LogP contribution in [0.15, 0.2) is 91.0 Å². The van der Waals surface area contributed by atoms with Crippen molar-refractivity contribution in [2.45, 2.75) is 58.0 Å². The summed E-state index contributed by atoms with van der Waals surface area (Å²) in [7, 11) is 0.399. The number of nitrogens with one attached hydrogen (secondary N) is 1. The maximum atomic E-state index is 6.63. The summed E-state index contributed by atoms with van der Waals surface area (Å²) in [5.41, 5.74) is 6.55. The molecule has 0 spiro atoms. The van der Waals surface area contributed by atoms with E-state index in [9.17, 15) is 0 Å². The van der Waals surface area contributed by atoms with E-state index in [1.54, 1.807) is 7.11 Å². The Hall–Kier alpha value is -3.98. The van der Waals surface area contributed by atoms with Crippen molar-refractivity contribution in [3.63, 3.8) is 0 Å². The van der Waals surface area contributed by atoms with Gasteiger partial charge in [0.15, 0.2) is 0 Å². The van der Waals surface area contributed by atoms with Gasteiger partial charge < -0.3 is 23.5 Å².